The highest BCUT2D eigenvalue weighted by molar-refractivity contribution is 5.99. The molecule has 0 spiro atoms. The fraction of sp³-hybridized carbons (Fsp3) is 0.185. The van der Waals surface area contributed by atoms with Crippen molar-refractivity contribution in [3.8, 4) is 28.5 Å². The Morgan fingerprint density at radius 2 is 1.65 bits per heavy atom. The second kappa shape index (κ2) is 10.6. The topological polar surface area (TPSA) is 74.6 Å². The molecule has 0 atom stereocenters. The van der Waals surface area contributed by atoms with Gasteiger partial charge in [0.15, 0.2) is 11.5 Å². The Bertz CT molecular complexity index is 1270. The summed E-state index contributed by atoms with van der Waals surface area (Å²) < 4.78 is 17.8. The Balaban J connectivity index is 1.61. The summed E-state index contributed by atoms with van der Waals surface area (Å²) in [6, 6.07) is 23.1. The highest BCUT2D eigenvalue weighted by Gasteiger charge is 2.19. The molecule has 0 aliphatic carbocycles. The van der Waals surface area contributed by atoms with Crippen molar-refractivity contribution in [1.29, 1.82) is 0 Å². The van der Waals surface area contributed by atoms with E-state index >= 15 is 0 Å². The van der Waals surface area contributed by atoms with Gasteiger partial charge in [-0.3, -0.25) is 9.48 Å². The first-order valence-corrected chi connectivity index (χ1v) is 10.9. The predicted molar refractivity (Wildman–Crippen MR) is 130 cm³/mol. The van der Waals surface area contributed by atoms with E-state index in [1.807, 2.05) is 72.8 Å². The minimum absolute atomic E-state index is 0.216. The molecule has 0 saturated carbocycles. The number of nitrogens with zero attached hydrogens (tertiary/aromatic N) is 2. The lowest BCUT2D eigenvalue weighted by atomic mass is 10.1. The molecule has 7 heteroatoms. The minimum Gasteiger partial charge on any atom is -0.497 e. The van der Waals surface area contributed by atoms with Gasteiger partial charge in [0.2, 0.25) is 0 Å². The van der Waals surface area contributed by atoms with Gasteiger partial charge in [-0.1, -0.05) is 48.5 Å². The number of hydrogen-bond donors (Lipinski definition) is 1. The van der Waals surface area contributed by atoms with Gasteiger partial charge in [0.25, 0.3) is 5.91 Å². The smallest absolute Gasteiger partial charge is 0.255 e. The summed E-state index contributed by atoms with van der Waals surface area (Å²) in [5.74, 6) is 1.74. The van der Waals surface area contributed by atoms with E-state index in [4.69, 9.17) is 19.3 Å². The average Bonchev–Trinajstić information content (AvgIpc) is 3.31. The van der Waals surface area contributed by atoms with E-state index in [1.165, 1.54) is 0 Å². The van der Waals surface area contributed by atoms with Crippen LogP contribution in [0.1, 0.15) is 21.5 Å². The van der Waals surface area contributed by atoms with Crippen LogP contribution in [0.5, 0.6) is 17.2 Å². The Kier molecular flexibility index (Phi) is 7.13. The number of nitrogens with one attached hydrogen (secondary N) is 1. The van der Waals surface area contributed by atoms with Gasteiger partial charge in [0.05, 0.1) is 33.4 Å². The molecule has 1 N–H and O–H groups in total. The third-order valence-corrected chi connectivity index (χ3v) is 5.44. The molecule has 0 aliphatic heterocycles. The van der Waals surface area contributed by atoms with Crippen LogP contribution in [-0.4, -0.2) is 37.0 Å². The van der Waals surface area contributed by atoms with Gasteiger partial charge in [-0.25, -0.2) is 0 Å². The standard InChI is InChI=1S/C27H27N3O4/c1-32-22-11-7-10-21(15-22)26-23(18-30(29-26)17-19-8-5-4-6-9-19)27(31)28-16-20-12-13-24(33-2)25(14-20)34-3/h4-15,18H,16-17H2,1-3H3,(H,28,31). The molecule has 0 bridgehead atoms. The molecule has 1 heterocycles. The Hall–Kier alpha value is -4.26. The first-order chi connectivity index (χ1) is 16.6. The quantitative estimate of drug-likeness (QED) is 0.399. The summed E-state index contributed by atoms with van der Waals surface area (Å²) in [6.07, 6.45) is 1.78. The summed E-state index contributed by atoms with van der Waals surface area (Å²) >= 11 is 0. The van der Waals surface area contributed by atoms with Crippen molar-refractivity contribution in [2.75, 3.05) is 21.3 Å². The molecular weight excluding hydrogens is 430 g/mol. The second-order valence-electron chi connectivity index (χ2n) is 7.68. The monoisotopic (exact) mass is 457 g/mol. The minimum atomic E-state index is -0.216. The summed E-state index contributed by atoms with van der Waals surface area (Å²) in [4.78, 5) is 13.3. The number of hydrogen-bond acceptors (Lipinski definition) is 5. The lowest BCUT2D eigenvalue weighted by Crippen LogP contribution is -2.23. The fourth-order valence-electron chi connectivity index (χ4n) is 3.69. The van der Waals surface area contributed by atoms with Crippen molar-refractivity contribution in [1.82, 2.24) is 15.1 Å². The van der Waals surface area contributed by atoms with Crippen LogP contribution < -0.4 is 19.5 Å². The Labute approximate surface area is 198 Å². The van der Waals surface area contributed by atoms with Gasteiger partial charge < -0.3 is 19.5 Å². The van der Waals surface area contributed by atoms with E-state index in [-0.39, 0.29) is 5.91 Å². The van der Waals surface area contributed by atoms with Crippen molar-refractivity contribution in [3.63, 3.8) is 0 Å². The number of aromatic nitrogens is 2. The summed E-state index contributed by atoms with van der Waals surface area (Å²) in [7, 11) is 4.79. The number of carbonyl (C=O) groups is 1. The van der Waals surface area contributed by atoms with Gasteiger partial charge in [0, 0.05) is 18.3 Å². The number of ether oxygens (including phenoxy) is 3. The van der Waals surface area contributed by atoms with Crippen LogP contribution in [0.15, 0.2) is 79.0 Å². The molecule has 0 unspecified atom stereocenters. The van der Waals surface area contributed by atoms with Crippen molar-refractivity contribution in [3.05, 3.63) is 95.7 Å². The molecule has 34 heavy (non-hydrogen) atoms. The lowest BCUT2D eigenvalue weighted by Gasteiger charge is -2.10. The lowest BCUT2D eigenvalue weighted by molar-refractivity contribution is 0.0951. The molecule has 1 amide bonds. The first-order valence-electron chi connectivity index (χ1n) is 10.9. The van der Waals surface area contributed by atoms with Crippen molar-refractivity contribution in [2.45, 2.75) is 13.1 Å². The number of rotatable bonds is 9. The third kappa shape index (κ3) is 5.20. The Morgan fingerprint density at radius 1 is 0.853 bits per heavy atom. The Morgan fingerprint density at radius 3 is 2.38 bits per heavy atom. The predicted octanol–water partition coefficient (Wildman–Crippen LogP) is 4.55. The molecule has 3 aromatic carbocycles. The molecule has 0 fully saturated rings. The molecule has 0 radical (unpaired) electrons. The van der Waals surface area contributed by atoms with Crippen LogP contribution in [0.2, 0.25) is 0 Å². The van der Waals surface area contributed by atoms with Gasteiger partial charge in [-0.05, 0) is 35.4 Å². The largest absolute Gasteiger partial charge is 0.497 e. The summed E-state index contributed by atoms with van der Waals surface area (Å²) in [5, 5.41) is 7.74. The second-order valence-corrected chi connectivity index (χ2v) is 7.68. The van der Waals surface area contributed by atoms with E-state index in [1.54, 1.807) is 32.2 Å². The average molecular weight is 458 g/mol. The van der Waals surface area contributed by atoms with Gasteiger partial charge in [-0.15, -0.1) is 0 Å². The SMILES string of the molecule is COc1cccc(-c2nn(Cc3ccccc3)cc2C(=O)NCc2ccc(OC)c(OC)c2)c1. The van der Waals surface area contributed by atoms with Gasteiger partial charge in [-0.2, -0.15) is 5.10 Å². The van der Waals surface area contributed by atoms with Gasteiger partial charge in [0.1, 0.15) is 11.4 Å². The van der Waals surface area contributed by atoms with Crippen LogP contribution in [0.4, 0.5) is 0 Å². The van der Waals surface area contributed by atoms with E-state index in [9.17, 15) is 4.79 Å². The molecular formula is C27H27N3O4. The summed E-state index contributed by atoms with van der Waals surface area (Å²) in [6.45, 7) is 0.890. The zero-order valence-electron chi connectivity index (χ0n) is 19.4. The van der Waals surface area contributed by atoms with E-state index < -0.39 is 0 Å². The maximum Gasteiger partial charge on any atom is 0.255 e. The van der Waals surface area contributed by atoms with Crippen molar-refractivity contribution in [2.24, 2.45) is 0 Å². The molecule has 4 aromatic rings. The van der Waals surface area contributed by atoms with Crippen LogP contribution >= 0.6 is 0 Å². The molecule has 174 valence electrons. The highest BCUT2D eigenvalue weighted by atomic mass is 16.5. The van der Waals surface area contributed by atoms with E-state index in [0.717, 1.165) is 16.7 Å². The molecule has 4 rings (SSSR count). The maximum atomic E-state index is 13.3. The molecule has 0 aliphatic rings. The van der Waals surface area contributed by atoms with E-state index in [2.05, 4.69) is 5.32 Å². The molecule has 7 nitrogen and oxygen atoms in total. The number of amides is 1. The van der Waals surface area contributed by atoms with Crippen LogP contribution in [0.3, 0.4) is 0 Å². The molecule has 0 saturated heterocycles. The van der Waals surface area contributed by atoms with Gasteiger partial charge >= 0.3 is 0 Å². The maximum absolute atomic E-state index is 13.3. The number of benzene rings is 3. The molecule has 1 aromatic heterocycles. The van der Waals surface area contributed by atoms with Crippen molar-refractivity contribution >= 4 is 5.91 Å². The number of methoxy groups -OCH3 is 3. The normalized spacial score (nSPS) is 10.6. The van der Waals surface area contributed by atoms with Crippen LogP contribution in [0.25, 0.3) is 11.3 Å². The third-order valence-electron chi connectivity index (χ3n) is 5.44. The fourth-order valence-corrected chi connectivity index (χ4v) is 3.69. The van der Waals surface area contributed by atoms with Crippen LogP contribution in [0, 0.1) is 0 Å². The van der Waals surface area contributed by atoms with Crippen LogP contribution in [-0.2, 0) is 13.1 Å². The van der Waals surface area contributed by atoms with E-state index in [0.29, 0.717) is 41.6 Å². The van der Waals surface area contributed by atoms with Crippen molar-refractivity contribution < 1.29 is 19.0 Å². The highest BCUT2D eigenvalue weighted by Crippen LogP contribution is 2.28. The zero-order chi connectivity index (χ0) is 23.9. The zero-order valence-corrected chi connectivity index (χ0v) is 19.4. The summed E-state index contributed by atoms with van der Waals surface area (Å²) in [5.41, 5.74) is 3.89. The first kappa shape index (κ1) is 22.9. The number of carbonyl (C=O) groups excluding carboxylic acids is 1.